The van der Waals surface area contributed by atoms with Crippen LogP contribution in [0.5, 0.6) is 0 Å². The first-order valence-electron chi connectivity index (χ1n) is 6.65. The molecule has 0 radical (unpaired) electrons. The predicted octanol–water partition coefficient (Wildman–Crippen LogP) is 1.45. The number of aliphatic hydroxyl groups excluding tert-OH is 1. The van der Waals surface area contributed by atoms with E-state index in [4.69, 9.17) is 0 Å². The zero-order valence-corrected chi connectivity index (χ0v) is 13.3. The van der Waals surface area contributed by atoms with Gasteiger partial charge in [0.25, 0.3) is 0 Å². The molecular formula is C13H20N2O3S2. The van der Waals surface area contributed by atoms with Crippen molar-refractivity contribution in [3.05, 3.63) is 23.9 Å². The fourth-order valence-electron chi connectivity index (χ4n) is 2.15. The maximum Gasteiger partial charge on any atom is 0.171 e. The van der Waals surface area contributed by atoms with Gasteiger partial charge in [-0.1, -0.05) is 13.0 Å². The molecule has 7 heteroatoms. The molecule has 1 aromatic rings. The van der Waals surface area contributed by atoms with Gasteiger partial charge in [-0.05, 0) is 18.6 Å². The summed E-state index contributed by atoms with van der Waals surface area (Å²) in [5.74, 6) is 2.28. The van der Waals surface area contributed by atoms with E-state index in [1.165, 1.54) is 0 Å². The van der Waals surface area contributed by atoms with Crippen molar-refractivity contribution < 1.29 is 13.5 Å². The van der Waals surface area contributed by atoms with E-state index >= 15 is 0 Å². The van der Waals surface area contributed by atoms with Crippen LogP contribution in [0.2, 0.25) is 0 Å². The highest BCUT2D eigenvalue weighted by molar-refractivity contribution is 8.01. The van der Waals surface area contributed by atoms with Gasteiger partial charge < -0.3 is 10.0 Å². The van der Waals surface area contributed by atoms with E-state index in [1.54, 1.807) is 43.9 Å². The molecule has 1 saturated heterocycles. The van der Waals surface area contributed by atoms with Gasteiger partial charge in [-0.3, -0.25) is 0 Å². The van der Waals surface area contributed by atoms with E-state index in [2.05, 4.69) is 4.98 Å². The quantitative estimate of drug-likeness (QED) is 0.906. The van der Waals surface area contributed by atoms with Crippen LogP contribution in [-0.4, -0.2) is 47.7 Å². The fourth-order valence-corrected chi connectivity index (χ4v) is 5.13. The second-order valence-corrected chi connectivity index (χ2v) is 8.40. The lowest BCUT2D eigenvalue weighted by Crippen LogP contribution is -2.48. The Labute approximate surface area is 124 Å². The van der Waals surface area contributed by atoms with Crippen LogP contribution in [0.3, 0.4) is 0 Å². The highest BCUT2D eigenvalue weighted by Gasteiger charge is 2.33. The predicted molar refractivity (Wildman–Crippen MR) is 82.8 cm³/mol. The van der Waals surface area contributed by atoms with E-state index in [0.29, 0.717) is 18.1 Å². The third kappa shape index (κ3) is 3.27. The van der Waals surface area contributed by atoms with Crippen molar-refractivity contribution in [2.24, 2.45) is 0 Å². The molecule has 1 aliphatic rings. The van der Waals surface area contributed by atoms with Crippen molar-refractivity contribution >= 4 is 27.4 Å². The average Bonchev–Trinajstić information content (AvgIpc) is 2.47. The molecule has 1 aliphatic heterocycles. The van der Waals surface area contributed by atoms with E-state index in [9.17, 15) is 13.5 Å². The Morgan fingerprint density at radius 1 is 1.55 bits per heavy atom. The zero-order valence-electron chi connectivity index (χ0n) is 11.7. The molecule has 1 aromatic heterocycles. The second kappa shape index (κ2) is 6.32. The smallest absolute Gasteiger partial charge is 0.171 e. The summed E-state index contributed by atoms with van der Waals surface area (Å²) in [5, 5.41) is 8.99. The number of hydrogen-bond donors (Lipinski definition) is 1. The molecule has 112 valence electrons. The summed E-state index contributed by atoms with van der Waals surface area (Å²) in [6.07, 6.45) is 1.04. The molecule has 0 saturated carbocycles. The van der Waals surface area contributed by atoms with Crippen LogP contribution >= 0.6 is 11.8 Å². The Balaban J connectivity index is 2.28. The van der Waals surface area contributed by atoms with Gasteiger partial charge in [0, 0.05) is 30.0 Å². The average molecular weight is 316 g/mol. The summed E-state index contributed by atoms with van der Waals surface area (Å²) in [6.45, 7) is 4.03. The van der Waals surface area contributed by atoms with Gasteiger partial charge in [0.05, 0.1) is 6.10 Å². The molecule has 2 heterocycles. The van der Waals surface area contributed by atoms with Gasteiger partial charge in [0.15, 0.2) is 9.84 Å². The van der Waals surface area contributed by atoms with Crippen LogP contribution in [0.4, 0.5) is 5.82 Å². The normalized spacial score (nSPS) is 21.8. The summed E-state index contributed by atoms with van der Waals surface area (Å²) in [4.78, 5) is 6.18. The van der Waals surface area contributed by atoms with E-state index in [0.717, 1.165) is 11.3 Å². The van der Waals surface area contributed by atoms with Crippen LogP contribution in [-0.2, 0) is 9.84 Å². The molecule has 0 bridgehead atoms. The third-order valence-corrected chi connectivity index (χ3v) is 6.74. The Kier molecular flexibility index (Phi) is 4.93. The molecular weight excluding hydrogens is 296 g/mol. The maximum absolute atomic E-state index is 12.2. The number of nitrogens with zero attached hydrogens (tertiary/aromatic N) is 2. The standard InChI is InChI=1S/C13H20N2O3S2/c1-3-20(17,18)13-9-19-7-6-15(13)12-5-4-11(8-14-12)10(2)16/h4-5,8,10,13,16H,3,6-7,9H2,1-2H3. The van der Waals surface area contributed by atoms with Gasteiger partial charge in [0.2, 0.25) is 0 Å². The molecule has 20 heavy (non-hydrogen) atoms. The molecule has 0 aromatic carbocycles. The molecule has 2 unspecified atom stereocenters. The highest BCUT2D eigenvalue weighted by atomic mass is 32.2. The first-order chi connectivity index (χ1) is 9.45. The Hall–Kier alpha value is -0.790. The number of thioether (sulfide) groups is 1. The number of rotatable bonds is 4. The van der Waals surface area contributed by atoms with Crippen molar-refractivity contribution in [3.8, 4) is 0 Å². The third-order valence-electron chi connectivity index (χ3n) is 3.45. The molecule has 0 amide bonds. The zero-order chi connectivity index (χ0) is 14.8. The summed E-state index contributed by atoms with van der Waals surface area (Å²) >= 11 is 1.66. The second-order valence-electron chi connectivity index (χ2n) is 4.80. The number of aromatic nitrogens is 1. The molecule has 5 nitrogen and oxygen atoms in total. The summed E-state index contributed by atoms with van der Waals surface area (Å²) in [5.41, 5.74) is 0.732. The lowest BCUT2D eigenvalue weighted by Gasteiger charge is -2.35. The van der Waals surface area contributed by atoms with E-state index in [1.807, 2.05) is 4.90 Å². The van der Waals surface area contributed by atoms with Gasteiger partial charge in [0.1, 0.15) is 11.2 Å². The van der Waals surface area contributed by atoms with Crippen LogP contribution in [0, 0.1) is 0 Å². The van der Waals surface area contributed by atoms with Crippen molar-refractivity contribution in [2.75, 3.05) is 28.7 Å². The topological polar surface area (TPSA) is 70.5 Å². The van der Waals surface area contributed by atoms with E-state index in [-0.39, 0.29) is 5.75 Å². The number of pyridine rings is 1. The number of hydrogen-bond acceptors (Lipinski definition) is 6. The Bertz CT molecular complexity index is 543. The number of anilines is 1. The van der Waals surface area contributed by atoms with Gasteiger partial charge in [-0.2, -0.15) is 11.8 Å². The minimum absolute atomic E-state index is 0.139. The van der Waals surface area contributed by atoms with Gasteiger partial charge >= 0.3 is 0 Å². The number of aliphatic hydroxyl groups is 1. The van der Waals surface area contributed by atoms with Crippen LogP contribution in [0.15, 0.2) is 18.3 Å². The molecule has 1 fully saturated rings. The summed E-state index contributed by atoms with van der Waals surface area (Å²) in [6, 6.07) is 3.58. The van der Waals surface area contributed by atoms with Crippen LogP contribution in [0.25, 0.3) is 0 Å². The summed E-state index contributed by atoms with van der Waals surface area (Å²) < 4.78 is 24.4. The lowest BCUT2D eigenvalue weighted by atomic mass is 10.2. The van der Waals surface area contributed by atoms with Gasteiger partial charge in [-0.25, -0.2) is 13.4 Å². The molecule has 1 N–H and O–H groups in total. The van der Waals surface area contributed by atoms with Crippen molar-refractivity contribution in [1.29, 1.82) is 0 Å². The monoisotopic (exact) mass is 316 g/mol. The van der Waals surface area contributed by atoms with Gasteiger partial charge in [-0.15, -0.1) is 0 Å². The first kappa shape index (κ1) is 15.6. The largest absolute Gasteiger partial charge is 0.389 e. The van der Waals surface area contributed by atoms with Crippen LogP contribution < -0.4 is 4.90 Å². The minimum Gasteiger partial charge on any atom is -0.389 e. The molecule has 2 atom stereocenters. The van der Waals surface area contributed by atoms with Crippen LogP contribution in [0.1, 0.15) is 25.5 Å². The number of sulfone groups is 1. The van der Waals surface area contributed by atoms with Crippen molar-refractivity contribution in [1.82, 2.24) is 4.98 Å². The SMILES string of the molecule is CCS(=O)(=O)C1CSCCN1c1ccc(C(C)O)cn1. The molecule has 0 spiro atoms. The fraction of sp³-hybridized carbons (Fsp3) is 0.615. The van der Waals surface area contributed by atoms with Crippen molar-refractivity contribution in [2.45, 2.75) is 25.3 Å². The van der Waals surface area contributed by atoms with E-state index < -0.39 is 21.3 Å². The maximum atomic E-state index is 12.2. The first-order valence-corrected chi connectivity index (χ1v) is 9.52. The Morgan fingerprint density at radius 2 is 2.30 bits per heavy atom. The van der Waals surface area contributed by atoms with Crippen molar-refractivity contribution in [3.63, 3.8) is 0 Å². The minimum atomic E-state index is -3.13. The highest BCUT2D eigenvalue weighted by Crippen LogP contribution is 2.26. The molecule has 0 aliphatic carbocycles. The molecule has 2 rings (SSSR count). The lowest BCUT2D eigenvalue weighted by molar-refractivity contribution is 0.199. The summed E-state index contributed by atoms with van der Waals surface area (Å²) in [7, 11) is -3.13. The Morgan fingerprint density at radius 3 is 2.85 bits per heavy atom.